The molecule has 1 saturated heterocycles. The quantitative estimate of drug-likeness (QED) is 0.711. The van der Waals surface area contributed by atoms with Crippen LogP contribution in [0.1, 0.15) is 60.8 Å². The molecule has 0 N–H and O–H groups in total. The molecule has 1 rings (SSSR count). The first kappa shape index (κ1) is 14.0. The summed E-state index contributed by atoms with van der Waals surface area (Å²) in [6.45, 7) is 15.1. The van der Waals surface area contributed by atoms with E-state index in [2.05, 4.69) is 41.5 Å². The predicted octanol–water partition coefficient (Wildman–Crippen LogP) is 3.99. The first-order valence-corrected chi connectivity index (χ1v) is 6.44. The Hall–Kier alpha value is -0.0800. The van der Waals surface area contributed by atoms with Crippen LogP contribution < -0.4 is 0 Å². The van der Waals surface area contributed by atoms with Gasteiger partial charge in [-0.15, -0.1) is 0 Å². The fourth-order valence-electron chi connectivity index (χ4n) is 2.07. The second-order valence-electron chi connectivity index (χ2n) is 7.11. The van der Waals surface area contributed by atoms with Crippen LogP contribution in [0.15, 0.2) is 0 Å². The van der Waals surface area contributed by atoms with Crippen molar-refractivity contribution in [3.05, 3.63) is 0 Å². The summed E-state index contributed by atoms with van der Waals surface area (Å²) in [6.07, 6.45) is 3.14. The highest BCUT2D eigenvalue weighted by Gasteiger charge is 2.45. The molecule has 0 spiro atoms. The van der Waals surface area contributed by atoms with Gasteiger partial charge in [0.2, 0.25) is 0 Å². The van der Waals surface area contributed by atoms with Crippen molar-refractivity contribution in [2.45, 2.75) is 66.6 Å². The molecule has 16 heavy (non-hydrogen) atoms. The van der Waals surface area contributed by atoms with Crippen LogP contribution in [-0.4, -0.2) is 19.0 Å². The SMILES string of the molecule is CC(C)(C)CCC1(C(C)(C)C)OCCCO1. The Balaban J connectivity index is 2.72. The lowest BCUT2D eigenvalue weighted by molar-refractivity contribution is -0.318. The summed E-state index contributed by atoms with van der Waals surface area (Å²) in [4.78, 5) is 0. The molecule has 1 aliphatic heterocycles. The van der Waals surface area contributed by atoms with Gasteiger partial charge in [-0.1, -0.05) is 41.5 Å². The Morgan fingerprint density at radius 3 is 1.81 bits per heavy atom. The van der Waals surface area contributed by atoms with Crippen molar-refractivity contribution in [1.29, 1.82) is 0 Å². The number of rotatable bonds is 2. The zero-order valence-corrected chi connectivity index (χ0v) is 11.9. The second-order valence-corrected chi connectivity index (χ2v) is 7.11. The third kappa shape index (κ3) is 3.46. The van der Waals surface area contributed by atoms with E-state index in [0.717, 1.165) is 32.5 Å². The van der Waals surface area contributed by atoms with Crippen LogP contribution in [0, 0.1) is 10.8 Å². The van der Waals surface area contributed by atoms with Crippen molar-refractivity contribution in [3.63, 3.8) is 0 Å². The van der Waals surface area contributed by atoms with E-state index in [1.807, 2.05) is 0 Å². The van der Waals surface area contributed by atoms with E-state index < -0.39 is 0 Å². The van der Waals surface area contributed by atoms with Crippen molar-refractivity contribution in [2.24, 2.45) is 10.8 Å². The van der Waals surface area contributed by atoms with Gasteiger partial charge in [0.25, 0.3) is 0 Å². The Kier molecular flexibility index (Phi) is 4.07. The van der Waals surface area contributed by atoms with E-state index in [-0.39, 0.29) is 11.2 Å². The molecule has 0 aliphatic carbocycles. The number of ether oxygens (including phenoxy) is 2. The molecule has 0 unspecified atom stereocenters. The average molecular weight is 228 g/mol. The van der Waals surface area contributed by atoms with Crippen LogP contribution in [0.4, 0.5) is 0 Å². The van der Waals surface area contributed by atoms with Crippen LogP contribution in [0.3, 0.4) is 0 Å². The number of hydrogen-bond acceptors (Lipinski definition) is 2. The van der Waals surface area contributed by atoms with Gasteiger partial charge in [-0.25, -0.2) is 0 Å². The molecule has 0 amide bonds. The van der Waals surface area contributed by atoms with Gasteiger partial charge in [0.1, 0.15) is 0 Å². The molecular formula is C14H28O2. The molecule has 0 saturated carbocycles. The van der Waals surface area contributed by atoms with Crippen molar-refractivity contribution in [1.82, 2.24) is 0 Å². The van der Waals surface area contributed by atoms with Gasteiger partial charge in [0.05, 0.1) is 13.2 Å². The average Bonchev–Trinajstić information content (AvgIpc) is 2.13. The molecule has 0 bridgehead atoms. The predicted molar refractivity (Wildman–Crippen MR) is 67.4 cm³/mol. The summed E-state index contributed by atoms with van der Waals surface area (Å²) in [5.74, 6) is -0.376. The lowest BCUT2D eigenvalue weighted by Gasteiger charge is -2.47. The third-order valence-electron chi connectivity index (χ3n) is 3.31. The lowest BCUT2D eigenvalue weighted by atomic mass is 9.78. The standard InChI is InChI=1S/C14H28O2/c1-12(2,3)8-9-14(13(4,5)6)15-10-7-11-16-14/h7-11H2,1-6H3. The van der Waals surface area contributed by atoms with Crippen LogP contribution in [0.25, 0.3) is 0 Å². The molecule has 0 aromatic rings. The van der Waals surface area contributed by atoms with Gasteiger partial charge >= 0.3 is 0 Å². The maximum atomic E-state index is 6.00. The first-order valence-electron chi connectivity index (χ1n) is 6.44. The zero-order valence-electron chi connectivity index (χ0n) is 11.9. The summed E-state index contributed by atoms with van der Waals surface area (Å²) >= 11 is 0. The van der Waals surface area contributed by atoms with Crippen molar-refractivity contribution < 1.29 is 9.47 Å². The van der Waals surface area contributed by atoms with Crippen LogP contribution in [0.5, 0.6) is 0 Å². The van der Waals surface area contributed by atoms with Crippen molar-refractivity contribution in [3.8, 4) is 0 Å². The molecule has 1 heterocycles. The third-order valence-corrected chi connectivity index (χ3v) is 3.31. The van der Waals surface area contributed by atoms with Gasteiger partial charge in [0.15, 0.2) is 5.79 Å². The minimum Gasteiger partial charge on any atom is -0.349 e. The minimum atomic E-state index is -0.376. The van der Waals surface area contributed by atoms with E-state index >= 15 is 0 Å². The van der Waals surface area contributed by atoms with Crippen molar-refractivity contribution in [2.75, 3.05) is 13.2 Å². The first-order chi connectivity index (χ1) is 7.16. The van der Waals surface area contributed by atoms with E-state index in [0.29, 0.717) is 5.41 Å². The van der Waals surface area contributed by atoms with Crippen LogP contribution >= 0.6 is 0 Å². The summed E-state index contributed by atoms with van der Waals surface area (Å²) < 4.78 is 12.0. The number of hydrogen-bond donors (Lipinski definition) is 0. The summed E-state index contributed by atoms with van der Waals surface area (Å²) in [5, 5.41) is 0. The molecular weight excluding hydrogens is 200 g/mol. The summed E-state index contributed by atoms with van der Waals surface area (Å²) in [7, 11) is 0. The van der Waals surface area contributed by atoms with E-state index in [1.165, 1.54) is 0 Å². The highest BCUT2D eigenvalue weighted by Crippen LogP contribution is 2.42. The molecule has 2 heteroatoms. The molecule has 1 aliphatic rings. The van der Waals surface area contributed by atoms with Gasteiger partial charge in [-0.3, -0.25) is 0 Å². The molecule has 96 valence electrons. The molecule has 0 aromatic heterocycles. The van der Waals surface area contributed by atoms with E-state index in [1.54, 1.807) is 0 Å². The Labute approximate surface area is 101 Å². The highest BCUT2D eigenvalue weighted by atomic mass is 16.7. The lowest BCUT2D eigenvalue weighted by Crippen LogP contribution is -2.51. The zero-order chi connectivity index (χ0) is 12.4. The van der Waals surface area contributed by atoms with Gasteiger partial charge in [0, 0.05) is 11.8 Å². The molecule has 0 aromatic carbocycles. The topological polar surface area (TPSA) is 18.5 Å². The fraction of sp³-hybridized carbons (Fsp3) is 1.00. The fourth-order valence-corrected chi connectivity index (χ4v) is 2.07. The van der Waals surface area contributed by atoms with Gasteiger partial charge in [-0.2, -0.15) is 0 Å². The second kappa shape index (κ2) is 4.66. The summed E-state index contributed by atoms with van der Waals surface area (Å²) in [5.41, 5.74) is 0.376. The largest absolute Gasteiger partial charge is 0.349 e. The highest BCUT2D eigenvalue weighted by molar-refractivity contribution is 4.87. The normalized spacial score (nSPS) is 22.1. The summed E-state index contributed by atoms with van der Waals surface area (Å²) in [6, 6.07) is 0. The molecule has 0 radical (unpaired) electrons. The van der Waals surface area contributed by atoms with E-state index in [9.17, 15) is 0 Å². The molecule has 1 fully saturated rings. The van der Waals surface area contributed by atoms with Crippen LogP contribution in [0.2, 0.25) is 0 Å². The van der Waals surface area contributed by atoms with Crippen LogP contribution in [-0.2, 0) is 9.47 Å². The maximum absolute atomic E-state index is 6.00. The smallest absolute Gasteiger partial charge is 0.173 e. The monoisotopic (exact) mass is 228 g/mol. The minimum absolute atomic E-state index is 0.0403. The van der Waals surface area contributed by atoms with Crippen molar-refractivity contribution >= 4 is 0 Å². The molecule has 0 atom stereocenters. The van der Waals surface area contributed by atoms with E-state index in [4.69, 9.17) is 9.47 Å². The Morgan fingerprint density at radius 2 is 1.44 bits per heavy atom. The van der Waals surface area contributed by atoms with Gasteiger partial charge < -0.3 is 9.47 Å². The maximum Gasteiger partial charge on any atom is 0.173 e. The Bertz CT molecular complexity index is 214. The van der Waals surface area contributed by atoms with Gasteiger partial charge in [-0.05, 0) is 18.3 Å². The molecule has 2 nitrogen and oxygen atoms in total. The Morgan fingerprint density at radius 1 is 0.938 bits per heavy atom.